The van der Waals surface area contributed by atoms with Crippen molar-refractivity contribution in [2.24, 2.45) is 5.73 Å². The zero-order chi connectivity index (χ0) is 15.6. The van der Waals surface area contributed by atoms with Gasteiger partial charge in [0.1, 0.15) is 0 Å². The smallest absolute Gasteiger partial charge is 0.240 e. The van der Waals surface area contributed by atoms with Gasteiger partial charge in [-0.2, -0.15) is 0 Å². The van der Waals surface area contributed by atoms with Gasteiger partial charge in [0.25, 0.3) is 0 Å². The van der Waals surface area contributed by atoms with Crippen LogP contribution < -0.4 is 16.0 Å². The number of benzene rings is 1. The molecule has 1 amide bonds. The fourth-order valence-corrected chi connectivity index (χ4v) is 3.32. The Bertz CT molecular complexity index is 529. The average molecular weight is 368 g/mol. The third-order valence-electron chi connectivity index (χ3n) is 4.55. The summed E-state index contributed by atoms with van der Waals surface area (Å²) in [5, 5.41) is 3.13. The quantitative estimate of drug-likeness (QED) is 0.852. The number of hydrogen-bond donors (Lipinski definition) is 2. The molecule has 22 heavy (non-hydrogen) atoms. The molecule has 1 atom stereocenters. The molecule has 2 fully saturated rings. The minimum atomic E-state index is -0.761. The molecule has 0 aromatic heterocycles. The predicted octanol–water partition coefficient (Wildman–Crippen LogP) is 1.65. The highest BCUT2D eigenvalue weighted by Crippen LogP contribution is 2.23. The average Bonchev–Trinajstić information content (AvgIpc) is 2.97. The zero-order valence-corrected chi connectivity index (χ0v) is 14.1. The van der Waals surface area contributed by atoms with Crippen molar-refractivity contribution in [2.45, 2.75) is 30.8 Å². The molecule has 1 aromatic carbocycles. The molecule has 1 unspecified atom stereocenters. The molecular formula is C16H22BrN3O2. The first-order valence-corrected chi connectivity index (χ1v) is 8.54. The highest BCUT2D eigenvalue weighted by molar-refractivity contribution is 9.10. The molecule has 5 nitrogen and oxygen atoms in total. The van der Waals surface area contributed by atoms with Crippen LogP contribution >= 0.6 is 15.9 Å². The number of carbonyl (C=O) groups excluding carboxylic acids is 1. The van der Waals surface area contributed by atoms with Gasteiger partial charge in [0.15, 0.2) is 0 Å². The van der Waals surface area contributed by atoms with Gasteiger partial charge in [-0.3, -0.25) is 4.79 Å². The van der Waals surface area contributed by atoms with Gasteiger partial charge in [-0.15, -0.1) is 0 Å². The van der Waals surface area contributed by atoms with Crippen molar-refractivity contribution < 1.29 is 9.53 Å². The molecule has 2 saturated heterocycles. The van der Waals surface area contributed by atoms with E-state index in [4.69, 9.17) is 10.5 Å². The summed E-state index contributed by atoms with van der Waals surface area (Å²) in [5.74, 6) is -0.0292. The Morgan fingerprint density at radius 1 is 1.32 bits per heavy atom. The molecule has 0 bridgehead atoms. The van der Waals surface area contributed by atoms with Crippen molar-refractivity contribution in [2.75, 3.05) is 31.2 Å². The lowest BCUT2D eigenvalue weighted by Gasteiger charge is -2.33. The van der Waals surface area contributed by atoms with E-state index in [1.54, 1.807) is 0 Å². The lowest BCUT2D eigenvalue weighted by molar-refractivity contribution is -0.130. The maximum absolute atomic E-state index is 12.4. The van der Waals surface area contributed by atoms with E-state index < -0.39 is 5.54 Å². The number of nitrogens with two attached hydrogens (primary N) is 1. The van der Waals surface area contributed by atoms with Crippen molar-refractivity contribution in [3.8, 4) is 0 Å². The lowest BCUT2D eigenvalue weighted by atomic mass is 9.90. The number of nitrogens with zero attached hydrogens (tertiary/aromatic N) is 1. The summed E-state index contributed by atoms with van der Waals surface area (Å²) in [6.07, 6.45) is 2.15. The standard InChI is InChI=1S/C16H22BrN3O2/c17-12-1-3-14(4-2-12)20-8-5-13(11-20)19-15(21)16(18)6-9-22-10-7-16/h1-4,13H,5-11,18H2,(H,19,21). The second-order valence-corrected chi connectivity index (χ2v) is 7.07. The Balaban J connectivity index is 1.56. The van der Waals surface area contributed by atoms with Crippen LogP contribution in [0.4, 0.5) is 5.69 Å². The van der Waals surface area contributed by atoms with Crippen molar-refractivity contribution >= 4 is 27.5 Å². The van der Waals surface area contributed by atoms with E-state index in [1.807, 2.05) is 12.1 Å². The summed E-state index contributed by atoms with van der Waals surface area (Å²) in [5.41, 5.74) is 6.66. The summed E-state index contributed by atoms with van der Waals surface area (Å²) >= 11 is 3.45. The van der Waals surface area contributed by atoms with Crippen molar-refractivity contribution in [1.82, 2.24) is 5.32 Å². The van der Waals surface area contributed by atoms with Gasteiger partial charge in [-0.05, 0) is 43.5 Å². The van der Waals surface area contributed by atoms with Crippen molar-refractivity contribution in [3.05, 3.63) is 28.7 Å². The highest BCUT2D eigenvalue weighted by Gasteiger charge is 2.37. The van der Waals surface area contributed by atoms with Crippen LogP contribution in [0, 0.1) is 0 Å². The normalized spacial score (nSPS) is 24.3. The van der Waals surface area contributed by atoms with Gasteiger partial charge < -0.3 is 20.7 Å². The van der Waals surface area contributed by atoms with Crippen molar-refractivity contribution in [1.29, 1.82) is 0 Å². The van der Waals surface area contributed by atoms with Gasteiger partial charge in [0.2, 0.25) is 5.91 Å². The van der Waals surface area contributed by atoms with Crippen LogP contribution in [-0.2, 0) is 9.53 Å². The number of nitrogens with one attached hydrogen (secondary N) is 1. The maximum atomic E-state index is 12.4. The summed E-state index contributed by atoms with van der Waals surface area (Å²) in [6.45, 7) is 2.92. The van der Waals surface area contributed by atoms with Crippen LogP contribution in [0.3, 0.4) is 0 Å². The number of hydrogen-bond acceptors (Lipinski definition) is 4. The third-order valence-corrected chi connectivity index (χ3v) is 5.08. The zero-order valence-electron chi connectivity index (χ0n) is 12.6. The summed E-state index contributed by atoms with van der Waals surface area (Å²) in [7, 11) is 0. The lowest BCUT2D eigenvalue weighted by Crippen LogP contribution is -2.59. The molecular weight excluding hydrogens is 346 g/mol. The van der Waals surface area contributed by atoms with Gasteiger partial charge in [-0.1, -0.05) is 15.9 Å². The second-order valence-electron chi connectivity index (χ2n) is 6.15. The predicted molar refractivity (Wildman–Crippen MR) is 89.9 cm³/mol. The van der Waals surface area contributed by atoms with E-state index >= 15 is 0 Å². The largest absolute Gasteiger partial charge is 0.381 e. The SMILES string of the molecule is NC1(C(=O)NC2CCN(c3ccc(Br)cc3)C2)CCOCC1. The van der Waals surface area contributed by atoms with E-state index in [-0.39, 0.29) is 11.9 Å². The number of amides is 1. The van der Waals surface area contributed by atoms with Gasteiger partial charge in [0, 0.05) is 42.5 Å². The van der Waals surface area contributed by atoms with Crippen LogP contribution in [0.15, 0.2) is 28.7 Å². The van der Waals surface area contributed by atoms with Crippen LogP contribution in [0.1, 0.15) is 19.3 Å². The topological polar surface area (TPSA) is 67.6 Å². The minimum Gasteiger partial charge on any atom is -0.381 e. The fraction of sp³-hybridized carbons (Fsp3) is 0.562. The molecule has 6 heteroatoms. The first-order valence-electron chi connectivity index (χ1n) is 7.75. The number of halogens is 1. The maximum Gasteiger partial charge on any atom is 0.240 e. The molecule has 0 saturated carbocycles. The second kappa shape index (κ2) is 6.56. The molecule has 0 spiro atoms. The number of anilines is 1. The Morgan fingerprint density at radius 3 is 2.68 bits per heavy atom. The molecule has 2 heterocycles. The first kappa shape index (κ1) is 15.8. The van der Waals surface area contributed by atoms with Crippen LogP contribution in [0.25, 0.3) is 0 Å². The molecule has 120 valence electrons. The van der Waals surface area contributed by atoms with Crippen LogP contribution in [-0.4, -0.2) is 43.8 Å². The number of rotatable bonds is 3. The molecule has 3 rings (SSSR count). The summed E-state index contributed by atoms with van der Waals surface area (Å²) in [4.78, 5) is 14.7. The Hall–Kier alpha value is -1.11. The Kier molecular flexibility index (Phi) is 4.70. The third kappa shape index (κ3) is 3.45. The molecule has 2 aliphatic heterocycles. The monoisotopic (exact) mass is 367 g/mol. The Labute approximate surface area is 139 Å². The van der Waals surface area contributed by atoms with E-state index in [2.05, 4.69) is 38.3 Å². The molecule has 1 aromatic rings. The van der Waals surface area contributed by atoms with E-state index in [9.17, 15) is 4.79 Å². The fourth-order valence-electron chi connectivity index (χ4n) is 3.06. The van der Waals surface area contributed by atoms with E-state index in [1.165, 1.54) is 5.69 Å². The van der Waals surface area contributed by atoms with Gasteiger partial charge in [0.05, 0.1) is 5.54 Å². The van der Waals surface area contributed by atoms with Crippen molar-refractivity contribution in [3.63, 3.8) is 0 Å². The molecule has 3 N–H and O–H groups in total. The summed E-state index contributed by atoms with van der Waals surface area (Å²) < 4.78 is 6.37. The Morgan fingerprint density at radius 2 is 2.00 bits per heavy atom. The summed E-state index contributed by atoms with van der Waals surface area (Å²) in [6, 6.07) is 8.43. The van der Waals surface area contributed by atoms with Gasteiger partial charge in [-0.25, -0.2) is 0 Å². The first-order chi connectivity index (χ1) is 10.6. The number of carbonyl (C=O) groups is 1. The number of ether oxygens (including phenoxy) is 1. The van der Waals surface area contributed by atoms with Crippen LogP contribution in [0.2, 0.25) is 0 Å². The molecule has 2 aliphatic rings. The van der Waals surface area contributed by atoms with E-state index in [0.29, 0.717) is 26.1 Å². The van der Waals surface area contributed by atoms with Gasteiger partial charge >= 0.3 is 0 Å². The molecule has 0 radical (unpaired) electrons. The van der Waals surface area contributed by atoms with E-state index in [0.717, 1.165) is 24.0 Å². The molecule has 0 aliphatic carbocycles. The highest BCUT2D eigenvalue weighted by atomic mass is 79.9. The van der Waals surface area contributed by atoms with Crippen LogP contribution in [0.5, 0.6) is 0 Å². The minimum absolute atomic E-state index is 0.0292.